The number of rotatable bonds is 8. The van der Waals surface area contributed by atoms with Crippen molar-refractivity contribution in [3.63, 3.8) is 0 Å². The van der Waals surface area contributed by atoms with E-state index in [4.69, 9.17) is 9.47 Å². The van der Waals surface area contributed by atoms with E-state index in [1.807, 2.05) is 37.3 Å². The number of esters is 1. The standard InChI is InChI=1S/C20H22N2O6/c1-4-16(14-8-6-5-7-9-14)20(24)28-13(2)19(23)21-17-11-10-15(22(25)26)12-18(17)27-3/h5-13,16H,4H2,1-3H3,(H,21,23)/t13-,16+/m1/s1. The van der Waals surface area contributed by atoms with Gasteiger partial charge in [-0.15, -0.1) is 0 Å². The molecule has 2 rings (SSSR count). The molecule has 0 aromatic heterocycles. The number of carbonyl (C=O) groups excluding carboxylic acids is 2. The molecule has 2 aromatic rings. The van der Waals surface area contributed by atoms with Crippen LogP contribution in [0.1, 0.15) is 31.7 Å². The first-order valence-corrected chi connectivity index (χ1v) is 8.76. The van der Waals surface area contributed by atoms with Gasteiger partial charge in [-0.05, 0) is 25.0 Å². The van der Waals surface area contributed by atoms with Gasteiger partial charge in [0.25, 0.3) is 11.6 Å². The van der Waals surface area contributed by atoms with Crippen LogP contribution < -0.4 is 10.1 Å². The van der Waals surface area contributed by atoms with Gasteiger partial charge in [0, 0.05) is 6.07 Å². The fourth-order valence-electron chi connectivity index (χ4n) is 2.66. The van der Waals surface area contributed by atoms with E-state index in [1.165, 1.54) is 32.2 Å². The van der Waals surface area contributed by atoms with Crippen LogP contribution in [0.5, 0.6) is 5.75 Å². The summed E-state index contributed by atoms with van der Waals surface area (Å²) in [5.41, 5.74) is 0.902. The van der Waals surface area contributed by atoms with Crippen molar-refractivity contribution < 1.29 is 24.0 Å². The molecule has 0 spiro atoms. The minimum absolute atomic E-state index is 0.136. The quantitative estimate of drug-likeness (QED) is 0.421. The fraction of sp³-hybridized carbons (Fsp3) is 0.300. The van der Waals surface area contributed by atoms with Gasteiger partial charge < -0.3 is 14.8 Å². The third-order valence-electron chi connectivity index (χ3n) is 4.21. The number of carbonyl (C=O) groups is 2. The number of anilines is 1. The Balaban J connectivity index is 2.06. The van der Waals surface area contributed by atoms with Crippen LogP contribution in [0.2, 0.25) is 0 Å². The summed E-state index contributed by atoms with van der Waals surface area (Å²) in [7, 11) is 1.34. The molecule has 0 saturated carbocycles. The highest BCUT2D eigenvalue weighted by Crippen LogP contribution is 2.29. The van der Waals surface area contributed by atoms with Crippen molar-refractivity contribution in [3.8, 4) is 5.75 Å². The molecule has 8 nitrogen and oxygen atoms in total. The summed E-state index contributed by atoms with van der Waals surface area (Å²) < 4.78 is 10.4. The number of amides is 1. The third-order valence-corrected chi connectivity index (χ3v) is 4.21. The second kappa shape index (κ2) is 9.50. The van der Waals surface area contributed by atoms with Gasteiger partial charge in [-0.3, -0.25) is 19.7 Å². The topological polar surface area (TPSA) is 108 Å². The predicted molar refractivity (Wildman–Crippen MR) is 103 cm³/mol. The molecule has 28 heavy (non-hydrogen) atoms. The molecule has 2 atom stereocenters. The maximum Gasteiger partial charge on any atom is 0.314 e. The van der Waals surface area contributed by atoms with Crippen LogP contribution in [-0.2, 0) is 14.3 Å². The molecule has 2 aromatic carbocycles. The molecular formula is C20H22N2O6. The van der Waals surface area contributed by atoms with Crippen molar-refractivity contribution in [1.82, 2.24) is 0 Å². The van der Waals surface area contributed by atoms with Crippen molar-refractivity contribution in [2.45, 2.75) is 32.3 Å². The number of methoxy groups -OCH3 is 1. The normalized spacial score (nSPS) is 12.5. The van der Waals surface area contributed by atoms with Gasteiger partial charge in [0.05, 0.1) is 29.7 Å². The van der Waals surface area contributed by atoms with Gasteiger partial charge in [0.2, 0.25) is 0 Å². The van der Waals surface area contributed by atoms with Crippen LogP contribution in [0.4, 0.5) is 11.4 Å². The number of nitro benzene ring substituents is 1. The van der Waals surface area contributed by atoms with E-state index in [-0.39, 0.29) is 17.1 Å². The van der Waals surface area contributed by atoms with Gasteiger partial charge in [0.15, 0.2) is 6.10 Å². The number of nitro groups is 1. The SMILES string of the molecule is CC[C@H](C(=O)O[C@H](C)C(=O)Nc1ccc([N+](=O)[O-])cc1OC)c1ccccc1. The van der Waals surface area contributed by atoms with E-state index >= 15 is 0 Å². The summed E-state index contributed by atoms with van der Waals surface area (Å²) in [5, 5.41) is 13.4. The zero-order valence-electron chi connectivity index (χ0n) is 15.9. The van der Waals surface area contributed by atoms with Crippen molar-refractivity contribution >= 4 is 23.3 Å². The van der Waals surface area contributed by atoms with E-state index in [2.05, 4.69) is 5.32 Å². The Bertz CT molecular complexity index is 853. The van der Waals surface area contributed by atoms with Gasteiger partial charge in [-0.25, -0.2) is 0 Å². The minimum atomic E-state index is -1.05. The van der Waals surface area contributed by atoms with E-state index in [9.17, 15) is 19.7 Å². The zero-order valence-corrected chi connectivity index (χ0v) is 15.9. The molecule has 0 aliphatic carbocycles. The highest BCUT2D eigenvalue weighted by molar-refractivity contribution is 5.96. The van der Waals surface area contributed by atoms with E-state index in [1.54, 1.807) is 0 Å². The Kier molecular flexibility index (Phi) is 7.08. The molecule has 0 heterocycles. The number of non-ortho nitro benzene ring substituents is 1. The van der Waals surface area contributed by atoms with Gasteiger partial charge in [-0.2, -0.15) is 0 Å². The Morgan fingerprint density at radius 3 is 2.43 bits per heavy atom. The lowest BCUT2D eigenvalue weighted by Gasteiger charge is -2.19. The molecule has 0 aliphatic heterocycles. The number of nitrogens with one attached hydrogen (secondary N) is 1. The lowest BCUT2D eigenvalue weighted by atomic mass is 9.97. The van der Waals surface area contributed by atoms with Crippen molar-refractivity contribution in [2.75, 3.05) is 12.4 Å². The smallest absolute Gasteiger partial charge is 0.314 e. The van der Waals surface area contributed by atoms with Crippen LogP contribution in [0, 0.1) is 10.1 Å². The number of nitrogens with zero attached hydrogens (tertiary/aromatic N) is 1. The van der Waals surface area contributed by atoms with Crippen molar-refractivity contribution in [3.05, 3.63) is 64.2 Å². The second-order valence-electron chi connectivity index (χ2n) is 6.08. The van der Waals surface area contributed by atoms with Crippen LogP contribution in [0.3, 0.4) is 0 Å². The maximum atomic E-state index is 12.5. The third kappa shape index (κ3) is 5.06. The minimum Gasteiger partial charge on any atom is -0.494 e. The van der Waals surface area contributed by atoms with Crippen LogP contribution in [-0.4, -0.2) is 30.0 Å². The Hall–Kier alpha value is -3.42. The molecule has 0 aliphatic rings. The Morgan fingerprint density at radius 1 is 1.18 bits per heavy atom. The zero-order chi connectivity index (χ0) is 20.7. The van der Waals surface area contributed by atoms with Crippen molar-refractivity contribution in [1.29, 1.82) is 0 Å². The summed E-state index contributed by atoms with van der Waals surface area (Å²) in [4.78, 5) is 35.2. The number of hydrogen-bond acceptors (Lipinski definition) is 6. The Morgan fingerprint density at radius 2 is 1.86 bits per heavy atom. The molecule has 148 valence electrons. The molecule has 0 radical (unpaired) electrons. The average Bonchev–Trinajstić information content (AvgIpc) is 2.69. The molecule has 0 saturated heterocycles. The second-order valence-corrected chi connectivity index (χ2v) is 6.08. The first-order chi connectivity index (χ1) is 13.4. The summed E-state index contributed by atoms with van der Waals surface area (Å²) in [6.45, 7) is 3.33. The first kappa shape index (κ1) is 20.9. The van der Waals surface area contributed by atoms with E-state index in [0.717, 1.165) is 5.56 Å². The largest absolute Gasteiger partial charge is 0.494 e. The highest BCUT2D eigenvalue weighted by Gasteiger charge is 2.25. The molecule has 0 bridgehead atoms. The first-order valence-electron chi connectivity index (χ1n) is 8.76. The van der Waals surface area contributed by atoms with Crippen LogP contribution in [0.25, 0.3) is 0 Å². The summed E-state index contributed by atoms with van der Waals surface area (Å²) in [6.07, 6.45) is -0.516. The monoisotopic (exact) mass is 386 g/mol. The maximum absolute atomic E-state index is 12.5. The molecule has 1 N–H and O–H groups in total. The number of ether oxygens (including phenoxy) is 2. The van der Waals surface area contributed by atoms with E-state index in [0.29, 0.717) is 6.42 Å². The summed E-state index contributed by atoms with van der Waals surface area (Å²) in [6, 6.07) is 13.0. The highest BCUT2D eigenvalue weighted by atomic mass is 16.6. The van der Waals surface area contributed by atoms with Crippen LogP contribution >= 0.6 is 0 Å². The molecule has 0 fully saturated rings. The predicted octanol–water partition coefficient (Wildman–Crippen LogP) is 3.67. The van der Waals surface area contributed by atoms with E-state index < -0.39 is 28.8 Å². The number of hydrogen-bond donors (Lipinski definition) is 1. The summed E-state index contributed by atoms with van der Waals surface area (Å²) in [5.74, 6) is -1.39. The molecular weight excluding hydrogens is 364 g/mol. The van der Waals surface area contributed by atoms with Gasteiger partial charge in [0.1, 0.15) is 5.75 Å². The lowest BCUT2D eigenvalue weighted by Crippen LogP contribution is -2.31. The number of benzene rings is 2. The van der Waals surface area contributed by atoms with Gasteiger partial charge in [-0.1, -0.05) is 37.3 Å². The molecule has 0 unspecified atom stereocenters. The summed E-state index contributed by atoms with van der Waals surface area (Å²) >= 11 is 0. The Labute approximate surface area is 162 Å². The average molecular weight is 386 g/mol. The molecule has 8 heteroatoms. The fourth-order valence-corrected chi connectivity index (χ4v) is 2.66. The van der Waals surface area contributed by atoms with Crippen LogP contribution in [0.15, 0.2) is 48.5 Å². The van der Waals surface area contributed by atoms with Crippen molar-refractivity contribution in [2.24, 2.45) is 0 Å². The van der Waals surface area contributed by atoms with Gasteiger partial charge >= 0.3 is 5.97 Å². The lowest BCUT2D eigenvalue weighted by molar-refractivity contribution is -0.384. The molecule has 1 amide bonds.